The topological polar surface area (TPSA) is 47.3 Å². The Morgan fingerprint density at radius 1 is 1.56 bits per heavy atom. The maximum Gasteiger partial charge on any atom is 0.106 e. The summed E-state index contributed by atoms with van der Waals surface area (Å²) in [4.78, 5) is 0.424. The van der Waals surface area contributed by atoms with Gasteiger partial charge in [-0.1, -0.05) is 18.3 Å². The molecule has 0 aliphatic carbocycles. The molecule has 1 aliphatic heterocycles. The third kappa shape index (κ3) is 2.49. The van der Waals surface area contributed by atoms with Crippen LogP contribution in [0, 0.1) is 6.92 Å². The molecule has 2 atom stereocenters. The van der Waals surface area contributed by atoms with Crippen LogP contribution in [0.1, 0.15) is 31.4 Å². The highest BCUT2D eigenvalue weighted by molar-refractivity contribution is 7.80. The molecule has 1 fully saturated rings. The van der Waals surface area contributed by atoms with Gasteiger partial charge in [0.25, 0.3) is 0 Å². The molecule has 3 nitrogen and oxygen atoms in total. The zero-order valence-electron chi connectivity index (χ0n) is 11.1. The van der Waals surface area contributed by atoms with Crippen LogP contribution < -0.4 is 11.1 Å². The summed E-state index contributed by atoms with van der Waals surface area (Å²) in [7, 11) is 0. The number of hydrogen-bond donors (Lipinski definition) is 2. The smallest absolute Gasteiger partial charge is 0.106 e. The lowest BCUT2D eigenvalue weighted by molar-refractivity contribution is 0.105. The molecule has 0 amide bonds. The third-order valence-corrected chi connectivity index (χ3v) is 3.97. The van der Waals surface area contributed by atoms with Crippen molar-refractivity contribution >= 4 is 22.9 Å². The van der Waals surface area contributed by atoms with Gasteiger partial charge >= 0.3 is 0 Å². The first kappa shape index (κ1) is 13.3. The summed E-state index contributed by atoms with van der Waals surface area (Å²) in [6, 6.07) is 6.09. The van der Waals surface area contributed by atoms with E-state index < -0.39 is 0 Å². The molecule has 0 aromatic heterocycles. The lowest BCUT2D eigenvalue weighted by Crippen LogP contribution is -2.41. The van der Waals surface area contributed by atoms with Gasteiger partial charge in [-0.25, -0.2) is 0 Å². The standard InChI is InChI=1S/C14H20N2OS/c1-9-4-5-11(13(15)18)12(8-9)16-14(3)6-7-17-10(14)2/h4-5,8,10,16H,6-7H2,1-3H3,(H2,15,18). The highest BCUT2D eigenvalue weighted by atomic mass is 32.1. The third-order valence-electron chi connectivity index (χ3n) is 3.75. The van der Waals surface area contributed by atoms with Gasteiger partial charge in [0, 0.05) is 17.9 Å². The minimum Gasteiger partial charge on any atom is -0.389 e. The molecule has 1 aromatic rings. The molecule has 0 bridgehead atoms. The molecule has 98 valence electrons. The average molecular weight is 264 g/mol. The molecule has 4 heteroatoms. The fourth-order valence-electron chi connectivity index (χ4n) is 2.28. The summed E-state index contributed by atoms with van der Waals surface area (Å²) < 4.78 is 5.64. The van der Waals surface area contributed by atoms with Crippen LogP contribution in [0.15, 0.2) is 18.2 Å². The van der Waals surface area contributed by atoms with Crippen LogP contribution in [0.4, 0.5) is 5.69 Å². The van der Waals surface area contributed by atoms with Crippen molar-refractivity contribution in [3.63, 3.8) is 0 Å². The quantitative estimate of drug-likeness (QED) is 0.824. The van der Waals surface area contributed by atoms with Crippen molar-refractivity contribution in [2.75, 3.05) is 11.9 Å². The Kier molecular flexibility index (Phi) is 3.59. The largest absolute Gasteiger partial charge is 0.389 e. The van der Waals surface area contributed by atoms with E-state index in [2.05, 4.69) is 32.2 Å². The Balaban J connectivity index is 2.33. The van der Waals surface area contributed by atoms with E-state index in [4.69, 9.17) is 22.7 Å². The molecule has 1 heterocycles. The molecule has 2 unspecified atom stereocenters. The van der Waals surface area contributed by atoms with Crippen LogP contribution in [0.25, 0.3) is 0 Å². The Morgan fingerprint density at radius 2 is 2.28 bits per heavy atom. The summed E-state index contributed by atoms with van der Waals surface area (Å²) in [5, 5.41) is 3.57. The van der Waals surface area contributed by atoms with Crippen molar-refractivity contribution in [1.82, 2.24) is 0 Å². The molecule has 3 N–H and O–H groups in total. The molecule has 1 aliphatic rings. The normalized spacial score (nSPS) is 27.2. The van der Waals surface area contributed by atoms with Crippen LogP contribution in [0.3, 0.4) is 0 Å². The maximum atomic E-state index is 5.78. The number of nitrogens with two attached hydrogens (primary N) is 1. The number of rotatable bonds is 3. The molecule has 0 saturated carbocycles. The van der Waals surface area contributed by atoms with Gasteiger partial charge in [0.15, 0.2) is 0 Å². The maximum absolute atomic E-state index is 5.78. The lowest BCUT2D eigenvalue weighted by atomic mass is 9.93. The van der Waals surface area contributed by atoms with E-state index in [1.165, 1.54) is 5.56 Å². The van der Waals surface area contributed by atoms with Crippen molar-refractivity contribution in [2.45, 2.75) is 38.8 Å². The average Bonchev–Trinajstić information content (AvgIpc) is 2.58. The number of aryl methyl sites for hydroxylation is 1. The van der Waals surface area contributed by atoms with Gasteiger partial charge in [-0.05, 0) is 44.9 Å². The van der Waals surface area contributed by atoms with Gasteiger partial charge < -0.3 is 15.8 Å². The lowest BCUT2D eigenvalue weighted by Gasteiger charge is -2.31. The first-order valence-corrected chi connectivity index (χ1v) is 6.63. The van der Waals surface area contributed by atoms with Gasteiger partial charge in [-0.15, -0.1) is 0 Å². The van der Waals surface area contributed by atoms with Gasteiger partial charge in [0.1, 0.15) is 4.99 Å². The van der Waals surface area contributed by atoms with Crippen molar-refractivity contribution in [1.29, 1.82) is 0 Å². The zero-order chi connectivity index (χ0) is 13.3. The summed E-state index contributed by atoms with van der Waals surface area (Å²) in [5.41, 5.74) is 8.80. The molecular formula is C14H20N2OS. The van der Waals surface area contributed by atoms with E-state index in [9.17, 15) is 0 Å². The van der Waals surface area contributed by atoms with Crippen molar-refractivity contribution in [3.8, 4) is 0 Å². The summed E-state index contributed by atoms with van der Waals surface area (Å²) >= 11 is 5.11. The number of nitrogens with one attached hydrogen (secondary N) is 1. The minimum absolute atomic E-state index is 0.0622. The van der Waals surface area contributed by atoms with Gasteiger partial charge in [0.2, 0.25) is 0 Å². The first-order valence-electron chi connectivity index (χ1n) is 6.22. The number of anilines is 1. The minimum atomic E-state index is -0.0622. The van der Waals surface area contributed by atoms with E-state index in [0.717, 1.165) is 24.3 Å². The molecule has 2 rings (SSSR count). The second-order valence-corrected chi connectivity index (χ2v) is 5.66. The number of thiocarbonyl (C=S) groups is 1. The summed E-state index contributed by atoms with van der Waals surface area (Å²) in [6.07, 6.45) is 1.16. The second kappa shape index (κ2) is 4.86. The van der Waals surface area contributed by atoms with Crippen LogP contribution in [0.5, 0.6) is 0 Å². The molecular weight excluding hydrogens is 244 g/mol. The molecule has 1 aromatic carbocycles. The van der Waals surface area contributed by atoms with Gasteiger partial charge in [-0.3, -0.25) is 0 Å². The predicted octanol–water partition coefficient (Wildman–Crippen LogP) is 2.61. The predicted molar refractivity (Wildman–Crippen MR) is 79.1 cm³/mol. The summed E-state index contributed by atoms with van der Waals surface area (Å²) in [5.74, 6) is 0. The van der Waals surface area contributed by atoms with E-state index >= 15 is 0 Å². The fraction of sp³-hybridized carbons (Fsp3) is 0.500. The molecule has 0 spiro atoms. The van der Waals surface area contributed by atoms with E-state index in [-0.39, 0.29) is 11.6 Å². The van der Waals surface area contributed by atoms with Crippen LogP contribution in [-0.4, -0.2) is 23.2 Å². The number of benzene rings is 1. The second-order valence-electron chi connectivity index (χ2n) is 5.22. The number of ether oxygens (including phenoxy) is 1. The van der Waals surface area contributed by atoms with Crippen molar-refractivity contribution in [3.05, 3.63) is 29.3 Å². The fourth-order valence-corrected chi connectivity index (χ4v) is 2.46. The van der Waals surface area contributed by atoms with Crippen molar-refractivity contribution < 1.29 is 4.74 Å². The van der Waals surface area contributed by atoms with Crippen LogP contribution >= 0.6 is 12.2 Å². The Hall–Kier alpha value is -1.13. The van der Waals surface area contributed by atoms with Crippen molar-refractivity contribution in [2.24, 2.45) is 5.73 Å². The van der Waals surface area contributed by atoms with Gasteiger partial charge in [0.05, 0.1) is 11.6 Å². The SMILES string of the molecule is Cc1ccc(C(N)=S)c(NC2(C)CCOC2C)c1. The monoisotopic (exact) mass is 264 g/mol. The highest BCUT2D eigenvalue weighted by Gasteiger charge is 2.37. The van der Waals surface area contributed by atoms with Crippen LogP contribution in [-0.2, 0) is 4.74 Å². The van der Waals surface area contributed by atoms with E-state index in [1.807, 2.05) is 12.1 Å². The van der Waals surface area contributed by atoms with Gasteiger partial charge in [-0.2, -0.15) is 0 Å². The van der Waals surface area contributed by atoms with Crippen LogP contribution in [0.2, 0.25) is 0 Å². The molecule has 1 saturated heterocycles. The zero-order valence-corrected chi connectivity index (χ0v) is 11.9. The Bertz CT molecular complexity index is 475. The summed E-state index contributed by atoms with van der Waals surface area (Å²) in [6.45, 7) is 7.12. The Labute approximate surface area is 114 Å². The molecule has 18 heavy (non-hydrogen) atoms. The molecule has 0 radical (unpaired) electrons. The van der Waals surface area contributed by atoms with E-state index in [1.54, 1.807) is 0 Å². The first-order chi connectivity index (χ1) is 8.42. The highest BCUT2D eigenvalue weighted by Crippen LogP contribution is 2.31. The van der Waals surface area contributed by atoms with E-state index in [0.29, 0.717) is 4.99 Å². The number of hydrogen-bond acceptors (Lipinski definition) is 3. The Morgan fingerprint density at radius 3 is 2.83 bits per heavy atom.